The molecule has 2 heterocycles. The summed E-state index contributed by atoms with van der Waals surface area (Å²) in [6.07, 6.45) is 0. The van der Waals surface area contributed by atoms with Gasteiger partial charge < -0.3 is 4.74 Å². The van der Waals surface area contributed by atoms with Crippen molar-refractivity contribution >= 4 is 44.8 Å². The van der Waals surface area contributed by atoms with Crippen LogP contribution in [0.1, 0.15) is 4.88 Å². The Hall–Kier alpha value is -1.36. The zero-order valence-electron chi connectivity index (χ0n) is 9.85. The van der Waals surface area contributed by atoms with Crippen LogP contribution in [0.2, 0.25) is 10.3 Å². The predicted molar refractivity (Wildman–Crippen MR) is 78.7 cm³/mol. The molecule has 0 fully saturated rings. The van der Waals surface area contributed by atoms with Gasteiger partial charge in [-0.15, -0.1) is 11.3 Å². The number of ether oxygens (including phenoxy) is 1. The standard InChI is InChI=1S/C13H8Cl2N2OS/c1-7-6-8-11(16-13(15)17-12(8)19-7)18-10-5-3-2-4-9(10)14/h2-6H,1H3. The molecule has 0 atom stereocenters. The molecular weight excluding hydrogens is 303 g/mol. The molecule has 0 aliphatic carbocycles. The number of rotatable bonds is 2. The van der Waals surface area contributed by atoms with Crippen LogP contribution in [0.3, 0.4) is 0 Å². The molecule has 3 rings (SSSR count). The summed E-state index contributed by atoms with van der Waals surface area (Å²) in [5.74, 6) is 0.969. The van der Waals surface area contributed by atoms with Gasteiger partial charge >= 0.3 is 0 Å². The zero-order valence-corrected chi connectivity index (χ0v) is 12.2. The maximum atomic E-state index is 6.07. The maximum Gasteiger partial charge on any atom is 0.232 e. The van der Waals surface area contributed by atoms with Crippen molar-refractivity contribution in [2.24, 2.45) is 0 Å². The number of aromatic nitrogens is 2. The number of hydrogen-bond donors (Lipinski definition) is 0. The second-order valence-corrected chi connectivity index (χ2v) is 5.89. The molecule has 0 aliphatic rings. The Kier molecular flexibility index (Phi) is 3.31. The molecule has 0 saturated carbocycles. The second-order valence-electron chi connectivity index (χ2n) is 3.91. The fourth-order valence-electron chi connectivity index (χ4n) is 1.70. The number of benzene rings is 1. The predicted octanol–water partition coefficient (Wildman–Crippen LogP) is 5.10. The first-order chi connectivity index (χ1) is 9.13. The smallest absolute Gasteiger partial charge is 0.232 e. The van der Waals surface area contributed by atoms with Crippen molar-refractivity contribution in [1.29, 1.82) is 0 Å². The molecule has 0 amide bonds. The van der Waals surface area contributed by atoms with Gasteiger partial charge in [0.2, 0.25) is 11.2 Å². The molecule has 3 nitrogen and oxygen atoms in total. The summed E-state index contributed by atoms with van der Waals surface area (Å²) >= 11 is 13.5. The first-order valence-corrected chi connectivity index (χ1v) is 7.07. The van der Waals surface area contributed by atoms with E-state index < -0.39 is 0 Å². The Morgan fingerprint density at radius 3 is 2.74 bits per heavy atom. The molecule has 0 N–H and O–H groups in total. The average molecular weight is 311 g/mol. The van der Waals surface area contributed by atoms with E-state index in [2.05, 4.69) is 9.97 Å². The number of hydrogen-bond acceptors (Lipinski definition) is 4. The van der Waals surface area contributed by atoms with Gasteiger partial charge in [-0.25, -0.2) is 4.98 Å². The summed E-state index contributed by atoms with van der Waals surface area (Å²) in [6.45, 7) is 2.00. The first-order valence-electron chi connectivity index (χ1n) is 5.49. The van der Waals surface area contributed by atoms with Crippen LogP contribution in [0.15, 0.2) is 30.3 Å². The molecule has 19 heavy (non-hydrogen) atoms. The van der Waals surface area contributed by atoms with Crippen LogP contribution in [0.4, 0.5) is 0 Å². The van der Waals surface area contributed by atoms with Crippen molar-refractivity contribution in [3.05, 3.63) is 45.5 Å². The quantitative estimate of drug-likeness (QED) is 0.618. The lowest BCUT2D eigenvalue weighted by Crippen LogP contribution is -1.91. The highest BCUT2D eigenvalue weighted by atomic mass is 35.5. The summed E-state index contributed by atoms with van der Waals surface area (Å²) in [4.78, 5) is 10.2. The lowest BCUT2D eigenvalue weighted by atomic mass is 10.3. The minimum Gasteiger partial charge on any atom is -0.437 e. The van der Waals surface area contributed by atoms with Crippen LogP contribution in [-0.2, 0) is 0 Å². The Balaban J connectivity index is 2.12. The molecule has 0 saturated heterocycles. The van der Waals surface area contributed by atoms with E-state index in [0.717, 1.165) is 15.1 Å². The molecule has 6 heteroatoms. The fourth-order valence-corrected chi connectivity index (χ4v) is 2.96. The molecule has 96 valence electrons. The highest BCUT2D eigenvalue weighted by Crippen LogP contribution is 2.35. The Morgan fingerprint density at radius 2 is 1.95 bits per heavy atom. The number of halogens is 2. The SMILES string of the molecule is Cc1cc2c(Oc3ccccc3Cl)nc(Cl)nc2s1. The van der Waals surface area contributed by atoms with E-state index in [0.29, 0.717) is 16.7 Å². The highest BCUT2D eigenvalue weighted by Gasteiger charge is 2.12. The third-order valence-corrected chi connectivity index (χ3v) is 3.92. The topological polar surface area (TPSA) is 35.0 Å². The van der Waals surface area contributed by atoms with Crippen molar-refractivity contribution in [2.45, 2.75) is 6.92 Å². The van der Waals surface area contributed by atoms with Crippen LogP contribution < -0.4 is 4.74 Å². The van der Waals surface area contributed by atoms with Gasteiger partial charge in [0.05, 0.1) is 10.4 Å². The average Bonchev–Trinajstić information content (AvgIpc) is 2.72. The summed E-state index contributed by atoms with van der Waals surface area (Å²) in [5, 5.41) is 1.53. The van der Waals surface area contributed by atoms with E-state index in [-0.39, 0.29) is 5.28 Å². The third-order valence-electron chi connectivity index (χ3n) is 2.50. The van der Waals surface area contributed by atoms with E-state index in [4.69, 9.17) is 27.9 Å². The number of fused-ring (bicyclic) bond motifs is 1. The van der Waals surface area contributed by atoms with Gasteiger partial charge in [-0.1, -0.05) is 23.7 Å². The summed E-state index contributed by atoms with van der Waals surface area (Å²) in [5.41, 5.74) is 0. The van der Waals surface area contributed by atoms with E-state index in [1.54, 1.807) is 23.5 Å². The molecule has 0 radical (unpaired) electrons. The highest BCUT2D eigenvalue weighted by molar-refractivity contribution is 7.18. The molecule has 2 aromatic heterocycles. The Labute approximate surface area is 123 Å². The normalized spacial score (nSPS) is 10.9. The molecular formula is C13H8Cl2N2OS. The lowest BCUT2D eigenvalue weighted by Gasteiger charge is -2.07. The Bertz CT molecular complexity index is 757. The largest absolute Gasteiger partial charge is 0.437 e. The monoisotopic (exact) mass is 310 g/mol. The zero-order chi connectivity index (χ0) is 13.4. The first kappa shape index (κ1) is 12.7. The van der Waals surface area contributed by atoms with Crippen LogP contribution in [0.5, 0.6) is 11.6 Å². The molecule has 3 aromatic rings. The van der Waals surface area contributed by atoms with E-state index in [9.17, 15) is 0 Å². The number of thiophene rings is 1. The van der Waals surface area contributed by atoms with Gasteiger partial charge in [0.25, 0.3) is 0 Å². The molecule has 0 aliphatic heterocycles. The molecule has 0 unspecified atom stereocenters. The Morgan fingerprint density at radius 1 is 1.16 bits per heavy atom. The van der Waals surface area contributed by atoms with Crippen LogP contribution in [-0.4, -0.2) is 9.97 Å². The van der Waals surface area contributed by atoms with Crippen molar-refractivity contribution in [3.63, 3.8) is 0 Å². The number of nitrogens with zero attached hydrogens (tertiary/aromatic N) is 2. The van der Waals surface area contributed by atoms with E-state index in [1.807, 2.05) is 25.1 Å². The lowest BCUT2D eigenvalue weighted by molar-refractivity contribution is 0.468. The number of para-hydroxylation sites is 1. The fraction of sp³-hybridized carbons (Fsp3) is 0.0769. The van der Waals surface area contributed by atoms with Crippen LogP contribution in [0.25, 0.3) is 10.2 Å². The summed E-state index contributed by atoms with van der Waals surface area (Å²) < 4.78 is 5.76. The molecule has 1 aromatic carbocycles. The van der Waals surface area contributed by atoms with Crippen molar-refractivity contribution < 1.29 is 4.74 Å². The van der Waals surface area contributed by atoms with E-state index in [1.165, 1.54) is 0 Å². The van der Waals surface area contributed by atoms with Crippen LogP contribution >= 0.6 is 34.5 Å². The van der Waals surface area contributed by atoms with Crippen LogP contribution in [0, 0.1) is 6.92 Å². The van der Waals surface area contributed by atoms with Gasteiger partial charge in [0, 0.05) is 4.88 Å². The minimum atomic E-state index is 0.163. The van der Waals surface area contributed by atoms with Gasteiger partial charge in [-0.3, -0.25) is 0 Å². The van der Waals surface area contributed by atoms with Gasteiger partial charge in [0.1, 0.15) is 10.6 Å². The van der Waals surface area contributed by atoms with Crippen molar-refractivity contribution in [2.75, 3.05) is 0 Å². The summed E-state index contributed by atoms with van der Waals surface area (Å²) in [7, 11) is 0. The molecule has 0 bridgehead atoms. The third kappa shape index (κ3) is 2.52. The maximum absolute atomic E-state index is 6.07. The van der Waals surface area contributed by atoms with Crippen molar-refractivity contribution in [1.82, 2.24) is 9.97 Å². The second kappa shape index (κ2) is 4.96. The van der Waals surface area contributed by atoms with E-state index >= 15 is 0 Å². The molecule has 0 spiro atoms. The summed E-state index contributed by atoms with van der Waals surface area (Å²) in [6, 6.07) is 9.20. The minimum absolute atomic E-state index is 0.163. The number of aryl methyl sites for hydroxylation is 1. The van der Waals surface area contributed by atoms with Gasteiger partial charge in [0.15, 0.2) is 0 Å². The van der Waals surface area contributed by atoms with Gasteiger partial charge in [-0.2, -0.15) is 4.98 Å². The van der Waals surface area contributed by atoms with Gasteiger partial charge in [-0.05, 0) is 36.7 Å². The van der Waals surface area contributed by atoms with Crippen molar-refractivity contribution in [3.8, 4) is 11.6 Å².